The van der Waals surface area contributed by atoms with Gasteiger partial charge in [-0.25, -0.2) is 8.42 Å². The maximum absolute atomic E-state index is 12.8. The fraction of sp³-hybridized carbons (Fsp3) is 0.263. The smallest absolute Gasteiger partial charge is 0.243 e. The summed E-state index contributed by atoms with van der Waals surface area (Å²) in [4.78, 5) is 0.256. The van der Waals surface area contributed by atoms with E-state index >= 15 is 0 Å². The van der Waals surface area contributed by atoms with Gasteiger partial charge in [0.2, 0.25) is 15.9 Å². The minimum atomic E-state index is -3.52. The number of fused-ring (bicyclic) bond motifs is 1. The van der Waals surface area contributed by atoms with E-state index in [2.05, 4.69) is 10.2 Å². The predicted molar refractivity (Wildman–Crippen MR) is 103 cm³/mol. The summed E-state index contributed by atoms with van der Waals surface area (Å²) in [5.41, 5.74) is 0. The first-order valence-electron chi connectivity index (χ1n) is 8.67. The third-order valence-electron chi connectivity index (χ3n) is 4.67. The Morgan fingerprint density at radius 3 is 2.48 bits per heavy atom. The van der Waals surface area contributed by atoms with E-state index in [1.54, 1.807) is 18.3 Å². The number of nitrogens with zero attached hydrogens (tertiary/aromatic N) is 3. The van der Waals surface area contributed by atoms with Crippen LogP contribution in [0, 0.1) is 0 Å². The molecule has 6 nitrogen and oxygen atoms in total. The number of rotatable bonds is 4. The SMILES string of the molecule is O=S(=O)(c1ccc(Cl)cc1)N1CCC(Oc2nncc3ccccc23)CC1. The Balaban J connectivity index is 1.45. The summed E-state index contributed by atoms with van der Waals surface area (Å²) >= 11 is 5.85. The van der Waals surface area contributed by atoms with E-state index in [1.165, 1.54) is 16.4 Å². The molecule has 0 N–H and O–H groups in total. The maximum Gasteiger partial charge on any atom is 0.243 e. The van der Waals surface area contributed by atoms with Crippen molar-refractivity contribution in [3.8, 4) is 5.88 Å². The number of sulfonamides is 1. The molecule has 0 amide bonds. The van der Waals surface area contributed by atoms with Gasteiger partial charge in [-0.05, 0) is 43.2 Å². The molecule has 0 atom stereocenters. The van der Waals surface area contributed by atoms with Crippen LogP contribution in [0.5, 0.6) is 5.88 Å². The molecule has 8 heteroatoms. The van der Waals surface area contributed by atoms with Crippen molar-refractivity contribution in [2.75, 3.05) is 13.1 Å². The van der Waals surface area contributed by atoms with Crippen molar-refractivity contribution in [3.63, 3.8) is 0 Å². The summed E-state index contributed by atoms with van der Waals surface area (Å²) in [5, 5.41) is 10.5. The van der Waals surface area contributed by atoms with Crippen LogP contribution in [0.15, 0.2) is 59.6 Å². The van der Waals surface area contributed by atoms with Gasteiger partial charge in [-0.1, -0.05) is 29.8 Å². The van der Waals surface area contributed by atoms with Gasteiger partial charge in [-0.15, -0.1) is 5.10 Å². The number of benzene rings is 2. The first-order valence-corrected chi connectivity index (χ1v) is 10.5. The van der Waals surface area contributed by atoms with Crippen molar-refractivity contribution >= 4 is 32.4 Å². The monoisotopic (exact) mass is 403 g/mol. The molecule has 140 valence electrons. The molecular formula is C19H18ClN3O3S. The minimum absolute atomic E-state index is 0.0956. The summed E-state index contributed by atoms with van der Waals surface area (Å²) in [6.45, 7) is 0.793. The molecule has 1 saturated heterocycles. The lowest BCUT2D eigenvalue weighted by molar-refractivity contribution is 0.130. The van der Waals surface area contributed by atoms with Crippen molar-refractivity contribution in [2.24, 2.45) is 0 Å². The molecule has 27 heavy (non-hydrogen) atoms. The Hall–Kier alpha value is -2.22. The van der Waals surface area contributed by atoms with Crippen LogP contribution in [0.1, 0.15) is 12.8 Å². The van der Waals surface area contributed by atoms with Gasteiger partial charge < -0.3 is 4.74 Å². The van der Waals surface area contributed by atoms with Crippen molar-refractivity contribution < 1.29 is 13.2 Å². The molecule has 0 bridgehead atoms. The van der Waals surface area contributed by atoms with Crippen LogP contribution in [-0.2, 0) is 10.0 Å². The molecule has 0 aliphatic carbocycles. The zero-order chi connectivity index (χ0) is 18.9. The minimum Gasteiger partial charge on any atom is -0.473 e. The van der Waals surface area contributed by atoms with E-state index in [9.17, 15) is 8.42 Å². The van der Waals surface area contributed by atoms with E-state index in [1.807, 2.05) is 24.3 Å². The Morgan fingerprint density at radius 1 is 1.04 bits per heavy atom. The molecule has 2 aromatic carbocycles. The number of hydrogen-bond donors (Lipinski definition) is 0. The van der Waals surface area contributed by atoms with Gasteiger partial charge in [-0.3, -0.25) is 0 Å². The second-order valence-corrected chi connectivity index (χ2v) is 8.79. The highest BCUT2D eigenvalue weighted by atomic mass is 35.5. The largest absolute Gasteiger partial charge is 0.473 e. The number of hydrogen-bond acceptors (Lipinski definition) is 5. The Kier molecular flexibility index (Phi) is 4.99. The maximum atomic E-state index is 12.8. The number of ether oxygens (including phenoxy) is 1. The number of halogens is 1. The average molecular weight is 404 g/mol. The van der Waals surface area contributed by atoms with Gasteiger partial charge in [0.15, 0.2) is 0 Å². The molecule has 3 aromatic rings. The van der Waals surface area contributed by atoms with E-state index in [-0.39, 0.29) is 11.0 Å². The number of piperidine rings is 1. The van der Waals surface area contributed by atoms with E-state index < -0.39 is 10.0 Å². The standard InChI is InChI=1S/C19H18ClN3O3S/c20-15-5-7-17(8-6-15)27(24,25)23-11-9-16(10-12-23)26-19-18-4-2-1-3-14(18)13-21-22-19/h1-8,13,16H,9-12H2. The first-order chi connectivity index (χ1) is 13.0. The summed E-state index contributed by atoms with van der Waals surface area (Å²) in [7, 11) is -3.52. The summed E-state index contributed by atoms with van der Waals surface area (Å²) < 4.78 is 33.0. The van der Waals surface area contributed by atoms with Crippen molar-refractivity contribution in [1.82, 2.24) is 14.5 Å². The van der Waals surface area contributed by atoms with Crippen molar-refractivity contribution in [3.05, 3.63) is 59.8 Å². The molecular weight excluding hydrogens is 386 g/mol. The molecule has 0 spiro atoms. The van der Waals surface area contributed by atoms with Crippen molar-refractivity contribution in [2.45, 2.75) is 23.8 Å². The van der Waals surface area contributed by atoms with Gasteiger partial charge in [-0.2, -0.15) is 9.40 Å². The van der Waals surface area contributed by atoms with Crippen LogP contribution < -0.4 is 4.74 Å². The molecule has 0 unspecified atom stereocenters. The van der Waals surface area contributed by atoms with Crippen LogP contribution in [0.25, 0.3) is 10.8 Å². The molecule has 0 radical (unpaired) electrons. The molecule has 4 rings (SSSR count). The lowest BCUT2D eigenvalue weighted by atomic mass is 10.1. The Morgan fingerprint density at radius 2 is 1.74 bits per heavy atom. The van der Waals surface area contributed by atoms with Gasteiger partial charge >= 0.3 is 0 Å². The molecule has 2 heterocycles. The molecule has 0 saturated carbocycles. The topological polar surface area (TPSA) is 72.4 Å². The van der Waals surface area contributed by atoms with Crippen LogP contribution in [0.3, 0.4) is 0 Å². The highest BCUT2D eigenvalue weighted by molar-refractivity contribution is 7.89. The van der Waals surface area contributed by atoms with E-state index in [0.717, 1.165) is 10.8 Å². The summed E-state index contributed by atoms with van der Waals surface area (Å²) in [5.74, 6) is 0.493. The zero-order valence-electron chi connectivity index (χ0n) is 14.5. The highest BCUT2D eigenvalue weighted by Crippen LogP contribution is 2.27. The van der Waals surface area contributed by atoms with Gasteiger partial charge in [0, 0.05) is 28.9 Å². The normalized spacial score (nSPS) is 16.5. The van der Waals surface area contributed by atoms with Crippen LogP contribution in [0.4, 0.5) is 0 Å². The molecule has 1 aromatic heterocycles. The Bertz CT molecular complexity index is 1040. The zero-order valence-corrected chi connectivity index (χ0v) is 16.0. The van der Waals surface area contributed by atoms with Crippen LogP contribution in [0.2, 0.25) is 5.02 Å². The molecule has 1 aliphatic rings. The fourth-order valence-corrected chi connectivity index (χ4v) is 4.79. The van der Waals surface area contributed by atoms with E-state index in [4.69, 9.17) is 16.3 Å². The average Bonchev–Trinajstić information content (AvgIpc) is 2.69. The lowest BCUT2D eigenvalue weighted by Crippen LogP contribution is -2.41. The lowest BCUT2D eigenvalue weighted by Gasteiger charge is -2.31. The second-order valence-electron chi connectivity index (χ2n) is 6.41. The van der Waals surface area contributed by atoms with Crippen molar-refractivity contribution in [1.29, 1.82) is 0 Å². The van der Waals surface area contributed by atoms with Crippen LogP contribution in [-0.4, -0.2) is 42.1 Å². The summed E-state index contributed by atoms with van der Waals surface area (Å²) in [6, 6.07) is 14.0. The van der Waals surface area contributed by atoms with Gasteiger partial charge in [0.05, 0.1) is 11.1 Å². The van der Waals surface area contributed by atoms with Gasteiger partial charge in [0.1, 0.15) is 6.10 Å². The van der Waals surface area contributed by atoms with E-state index in [0.29, 0.717) is 36.8 Å². The van der Waals surface area contributed by atoms with Gasteiger partial charge in [0.25, 0.3) is 0 Å². The fourth-order valence-electron chi connectivity index (χ4n) is 3.19. The second kappa shape index (κ2) is 7.42. The molecule has 1 fully saturated rings. The number of aromatic nitrogens is 2. The summed E-state index contributed by atoms with van der Waals surface area (Å²) in [6.07, 6.45) is 2.79. The third kappa shape index (κ3) is 3.76. The molecule has 1 aliphatic heterocycles. The first kappa shape index (κ1) is 18.2. The third-order valence-corrected chi connectivity index (χ3v) is 6.83. The highest BCUT2D eigenvalue weighted by Gasteiger charge is 2.30. The van der Waals surface area contributed by atoms with Crippen LogP contribution >= 0.6 is 11.6 Å². The Labute approximate surface area is 162 Å². The predicted octanol–water partition coefficient (Wildman–Crippen LogP) is 3.52. The quantitative estimate of drug-likeness (QED) is 0.666.